The van der Waals surface area contributed by atoms with Crippen LogP contribution in [-0.2, 0) is 0 Å². The van der Waals surface area contributed by atoms with Gasteiger partial charge in [-0.1, -0.05) is 17.4 Å². The van der Waals surface area contributed by atoms with E-state index in [0.717, 1.165) is 10.8 Å². The summed E-state index contributed by atoms with van der Waals surface area (Å²) in [7, 11) is 0. The predicted octanol–water partition coefficient (Wildman–Crippen LogP) is 3.30. The summed E-state index contributed by atoms with van der Waals surface area (Å²) in [6.45, 7) is 8.30. The van der Waals surface area contributed by atoms with Gasteiger partial charge in [-0.25, -0.2) is 4.98 Å². The molecule has 72 valence electrons. The Kier molecular flexibility index (Phi) is 3.48. The Morgan fingerprint density at radius 1 is 1.46 bits per heavy atom. The summed E-state index contributed by atoms with van der Waals surface area (Å²) in [6, 6.07) is 0.448. The number of nitrogens with one attached hydrogen (secondary N) is 1. The number of rotatable bonds is 3. The molecule has 0 radical (unpaired) electrons. The average molecular weight is 196 g/mol. The lowest BCUT2D eigenvalue weighted by molar-refractivity contribution is 0.895. The third kappa shape index (κ3) is 2.84. The Bertz CT molecular complexity index is 300. The molecule has 0 aliphatic rings. The van der Waals surface area contributed by atoms with Crippen LogP contribution in [0.2, 0.25) is 0 Å². The van der Waals surface area contributed by atoms with Crippen LogP contribution in [0.5, 0.6) is 0 Å². The van der Waals surface area contributed by atoms with Crippen LogP contribution in [0.4, 0.5) is 5.13 Å². The number of hydrogen-bond donors (Lipinski definition) is 1. The first-order valence-electron chi connectivity index (χ1n) is 4.50. The van der Waals surface area contributed by atoms with E-state index >= 15 is 0 Å². The molecular formula is C10H16N2S. The van der Waals surface area contributed by atoms with E-state index in [4.69, 9.17) is 0 Å². The van der Waals surface area contributed by atoms with Gasteiger partial charge in [-0.05, 0) is 33.8 Å². The van der Waals surface area contributed by atoms with E-state index in [-0.39, 0.29) is 0 Å². The molecule has 0 bridgehead atoms. The van der Waals surface area contributed by atoms with Crippen molar-refractivity contribution in [3.05, 3.63) is 16.6 Å². The number of thiazole rings is 1. The zero-order valence-corrected chi connectivity index (χ0v) is 9.40. The van der Waals surface area contributed by atoms with Crippen molar-refractivity contribution in [2.24, 2.45) is 0 Å². The summed E-state index contributed by atoms with van der Waals surface area (Å²) in [4.78, 5) is 5.67. The van der Waals surface area contributed by atoms with Crippen LogP contribution in [0.25, 0.3) is 6.08 Å². The molecule has 1 rings (SSSR count). The van der Waals surface area contributed by atoms with Gasteiger partial charge in [-0.2, -0.15) is 0 Å². The molecule has 1 aromatic heterocycles. The number of aryl methyl sites for hydroxylation is 1. The van der Waals surface area contributed by atoms with Gasteiger partial charge in [0.1, 0.15) is 0 Å². The minimum atomic E-state index is 0.448. The average Bonchev–Trinajstić information content (AvgIpc) is 2.31. The Labute approximate surface area is 83.7 Å². The molecular weight excluding hydrogens is 180 g/mol. The van der Waals surface area contributed by atoms with E-state index in [1.165, 1.54) is 4.88 Å². The normalized spacial score (nSPS) is 11.5. The van der Waals surface area contributed by atoms with Crippen molar-refractivity contribution in [3.8, 4) is 0 Å². The Morgan fingerprint density at radius 3 is 2.69 bits per heavy atom. The first-order valence-corrected chi connectivity index (χ1v) is 5.31. The van der Waals surface area contributed by atoms with Crippen LogP contribution in [0.3, 0.4) is 0 Å². The lowest BCUT2D eigenvalue weighted by Crippen LogP contribution is -2.08. The molecule has 0 amide bonds. The Hall–Kier alpha value is -0.830. The molecule has 0 spiro atoms. The van der Waals surface area contributed by atoms with Crippen LogP contribution in [0.15, 0.2) is 6.08 Å². The third-order valence-electron chi connectivity index (χ3n) is 1.56. The van der Waals surface area contributed by atoms with E-state index in [1.807, 2.05) is 19.9 Å². The smallest absolute Gasteiger partial charge is 0.183 e. The molecule has 2 nitrogen and oxygen atoms in total. The molecule has 3 heteroatoms. The SMILES string of the molecule is CC=Cc1sc(NC(C)C)nc1C. The van der Waals surface area contributed by atoms with Crippen molar-refractivity contribution in [3.63, 3.8) is 0 Å². The highest BCUT2D eigenvalue weighted by Gasteiger charge is 2.04. The maximum absolute atomic E-state index is 4.43. The number of aromatic nitrogens is 1. The number of nitrogens with zero attached hydrogens (tertiary/aromatic N) is 1. The van der Waals surface area contributed by atoms with Gasteiger partial charge in [-0.15, -0.1) is 0 Å². The molecule has 0 unspecified atom stereocenters. The van der Waals surface area contributed by atoms with Crippen LogP contribution >= 0.6 is 11.3 Å². The van der Waals surface area contributed by atoms with E-state index in [0.29, 0.717) is 6.04 Å². The molecule has 0 aliphatic carbocycles. The van der Waals surface area contributed by atoms with Crippen molar-refractivity contribution in [1.29, 1.82) is 0 Å². The maximum Gasteiger partial charge on any atom is 0.183 e. The quantitative estimate of drug-likeness (QED) is 0.802. The fraction of sp³-hybridized carbons (Fsp3) is 0.500. The number of allylic oxidation sites excluding steroid dienone is 1. The molecule has 1 heterocycles. The predicted molar refractivity (Wildman–Crippen MR) is 60.3 cm³/mol. The molecule has 13 heavy (non-hydrogen) atoms. The fourth-order valence-corrected chi connectivity index (χ4v) is 2.11. The highest BCUT2D eigenvalue weighted by Crippen LogP contribution is 2.24. The molecule has 0 atom stereocenters. The summed E-state index contributed by atoms with van der Waals surface area (Å²) in [5, 5.41) is 4.31. The van der Waals surface area contributed by atoms with E-state index in [9.17, 15) is 0 Å². The van der Waals surface area contributed by atoms with Gasteiger partial charge in [0, 0.05) is 6.04 Å². The van der Waals surface area contributed by atoms with Gasteiger partial charge in [0.2, 0.25) is 0 Å². The van der Waals surface area contributed by atoms with E-state index < -0.39 is 0 Å². The minimum absolute atomic E-state index is 0.448. The van der Waals surface area contributed by atoms with Crippen LogP contribution in [0.1, 0.15) is 31.3 Å². The summed E-state index contributed by atoms with van der Waals surface area (Å²) >= 11 is 1.70. The van der Waals surface area contributed by atoms with Crippen molar-refractivity contribution in [2.45, 2.75) is 33.7 Å². The van der Waals surface area contributed by atoms with Crippen LogP contribution in [-0.4, -0.2) is 11.0 Å². The summed E-state index contributed by atoms with van der Waals surface area (Å²) in [6.07, 6.45) is 4.14. The van der Waals surface area contributed by atoms with E-state index in [2.05, 4.69) is 30.2 Å². The fourth-order valence-electron chi connectivity index (χ4n) is 1.02. The summed E-state index contributed by atoms with van der Waals surface area (Å²) in [5.74, 6) is 0. The van der Waals surface area contributed by atoms with Crippen LogP contribution in [0, 0.1) is 6.92 Å². The minimum Gasteiger partial charge on any atom is -0.359 e. The van der Waals surface area contributed by atoms with Crippen molar-refractivity contribution in [2.75, 3.05) is 5.32 Å². The second kappa shape index (κ2) is 4.42. The van der Waals surface area contributed by atoms with Gasteiger partial charge < -0.3 is 5.32 Å². The monoisotopic (exact) mass is 196 g/mol. The third-order valence-corrected chi connectivity index (χ3v) is 2.62. The lowest BCUT2D eigenvalue weighted by atomic mass is 10.4. The highest BCUT2D eigenvalue weighted by molar-refractivity contribution is 7.16. The molecule has 0 fully saturated rings. The van der Waals surface area contributed by atoms with Gasteiger partial charge in [0.05, 0.1) is 10.6 Å². The maximum atomic E-state index is 4.43. The Balaban J connectivity index is 2.82. The number of anilines is 1. The molecule has 0 aromatic carbocycles. The molecule has 1 aromatic rings. The van der Waals surface area contributed by atoms with Gasteiger partial charge in [0.15, 0.2) is 5.13 Å². The second-order valence-electron chi connectivity index (χ2n) is 3.27. The van der Waals surface area contributed by atoms with Crippen molar-refractivity contribution in [1.82, 2.24) is 4.98 Å². The first kappa shape index (κ1) is 10.3. The standard InChI is InChI=1S/C10H16N2S/c1-5-6-9-8(4)12-10(13-9)11-7(2)3/h5-7H,1-4H3,(H,11,12). The summed E-state index contributed by atoms with van der Waals surface area (Å²) in [5.41, 5.74) is 1.10. The lowest BCUT2D eigenvalue weighted by Gasteiger charge is -2.03. The number of hydrogen-bond acceptors (Lipinski definition) is 3. The Morgan fingerprint density at radius 2 is 2.15 bits per heavy atom. The zero-order valence-electron chi connectivity index (χ0n) is 8.59. The van der Waals surface area contributed by atoms with Gasteiger partial charge >= 0.3 is 0 Å². The molecule has 1 N–H and O–H groups in total. The highest BCUT2D eigenvalue weighted by atomic mass is 32.1. The summed E-state index contributed by atoms with van der Waals surface area (Å²) < 4.78 is 0. The van der Waals surface area contributed by atoms with Crippen LogP contribution < -0.4 is 5.32 Å². The van der Waals surface area contributed by atoms with Crippen molar-refractivity contribution >= 4 is 22.5 Å². The largest absolute Gasteiger partial charge is 0.359 e. The molecule has 0 saturated heterocycles. The van der Waals surface area contributed by atoms with E-state index in [1.54, 1.807) is 11.3 Å². The molecule has 0 saturated carbocycles. The zero-order chi connectivity index (χ0) is 9.84. The van der Waals surface area contributed by atoms with Gasteiger partial charge in [-0.3, -0.25) is 0 Å². The first-order chi connectivity index (χ1) is 6.13. The second-order valence-corrected chi connectivity index (χ2v) is 4.30. The van der Waals surface area contributed by atoms with Crippen molar-refractivity contribution < 1.29 is 0 Å². The van der Waals surface area contributed by atoms with Gasteiger partial charge in [0.25, 0.3) is 0 Å². The topological polar surface area (TPSA) is 24.9 Å². The molecule has 0 aliphatic heterocycles.